The molecular weight excluding hydrogens is 250 g/mol. The first-order chi connectivity index (χ1) is 8.45. The average molecular weight is 263 g/mol. The minimum atomic E-state index is -0.332. The predicted molar refractivity (Wildman–Crippen MR) is 70.7 cm³/mol. The van der Waals surface area contributed by atoms with E-state index in [9.17, 15) is 4.79 Å². The summed E-state index contributed by atoms with van der Waals surface area (Å²) in [5, 5.41) is 3.26. The third-order valence-electron chi connectivity index (χ3n) is 2.35. The summed E-state index contributed by atoms with van der Waals surface area (Å²) in [6, 6.07) is 1.58. The van der Waals surface area contributed by atoms with Crippen LogP contribution < -0.4 is 11.1 Å². The van der Waals surface area contributed by atoms with Gasteiger partial charge < -0.3 is 5.73 Å². The lowest BCUT2D eigenvalue weighted by atomic mass is 10.3. The van der Waals surface area contributed by atoms with Gasteiger partial charge in [-0.1, -0.05) is 0 Å². The van der Waals surface area contributed by atoms with Gasteiger partial charge in [0.05, 0.1) is 5.69 Å². The van der Waals surface area contributed by atoms with Gasteiger partial charge in [-0.2, -0.15) is 0 Å². The van der Waals surface area contributed by atoms with Crippen molar-refractivity contribution in [2.45, 2.75) is 20.8 Å². The second-order valence-corrected chi connectivity index (χ2v) is 5.07. The zero-order valence-corrected chi connectivity index (χ0v) is 11.1. The highest BCUT2D eigenvalue weighted by Crippen LogP contribution is 2.21. The van der Waals surface area contributed by atoms with E-state index in [0.717, 1.165) is 10.6 Å². The number of amides is 1. The Hall–Kier alpha value is -2.02. The van der Waals surface area contributed by atoms with Crippen LogP contribution in [0.4, 0.5) is 11.1 Å². The van der Waals surface area contributed by atoms with Crippen LogP contribution in [0.1, 0.15) is 26.8 Å². The van der Waals surface area contributed by atoms with Crippen LogP contribution in [0, 0.1) is 20.8 Å². The summed E-state index contributed by atoms with van der Waals surface area (Å²) >= 11 is 1.43. The number of hydrogen-bond acceptors (Lipinski definition) is 6. The highest BCUT2D eigenvalue weighted by atomic mass is 32.1. The average Bonchev–Trinajstić information content (AvgIpc) is 2.56. The van der Waals surface area contributed by atoms with Crippen molar-refractivity contribution in [2.75, 3.05) is 11.1 Å². The van der Waals surface area contributed by atoms with Crippen molar-refractivity contribution in [3.63, 3.8) is 0 Å². The minimum absolute atomic E-state index is 0.0895. The highest BCUT2D eigenvalue weighted by Gasteiger charge is 2.12. The monoisotopic (exact) mass is 263 g/mol. The number of nitrogens with zero attached hydrogens (tertiary/aromatic N) is 3. The van der Waals surface area contributed by atoms with Crippen LogP contribution in [-0.4, -0.2) is 20.9 Å². The lowest BCUT2D eigenvalue weighted by Gasteiger charge is -2.02. The molecule has 2 heterocycles. The van der Waals surface area contributed by atoms with Crippen LogP contribution in [0.15, 0.2) is 6.07 Å². The molecule has 0 aliphatic carbocycles. The first-order valence-corrected chi connectivity index (χ1v) is 6.14. The number of thiazole rings is 1. The van der Waals surface area contributed by atoms with Crippen molar-refractivity contribution in [2.24, 2.45) is 0 Å². The molecule has 18 heavy (non-hydrogen) atoms. The molecule has 2 aromatic heterocycles. The largest absolute Gasteiger partial charge is 0.368 e. The number of aromatic nitrogens is 3. The van der Waals surface area contributed by atoms with Crippen molar-refractivity contribution < 1.29 is 4.79 Å². The van der Waals surface area contributed by atoms with Gasteiger partial charge in [-0.25, -0.2) is 15.0 Å². The van der Waals surface area contributed by atoms with E-state index in [2.05, 4.69) is 20.3 Å². The maximum atomic E-state index is 11.9. The second kappa shape index (κ2) is 4.69. The molecule has 0 unspecified atom stereocenters. The molecule has 0 fully saturated rings. The van der Waals surface area contributed by atoms with Crippen molar-refractivity contribution in [3.05, 3.63) is 28.0 Å². The number of nitrogens with two attached hydrogens (primary N) is 1. The topological polar surface area (TPSA) is 93.8 Å². The Morgan fingerprint density at radius 3 is 2.56 bits per heavy atom. The van der Waals surface area contributed by atoms with E-state index in [4.69, 9.17) is 5.73 Å². The van der Waals surface area contributed by atoms with E-state index in [1.807, 2.05) is 13.8 Å². The van der Waals surface area contributed by atoms with Gasteiger partial charge in [0.2, 0.25) is 5.95 Å². The maximum absolute atomic E-state index is 11.9. The van der Waals surface area contributed by atoms with Crippen LogP contribution in [-0.2, 0) is 0 Å². The van der Waals surface area contributed by atoms with Gasteiger partial charge in [0.15, 0.2) is 5.13 Å². The summed E-state index contributed by atoms with van der Waals surface area (Å²) in [5.41, 5.74) is 7.31. The van der Waals surface area contributed by atoms with Gasteiger partial charge >= 0.3 is 0 Å². The van der Waals surface area contributed by atoms with Crippen molar-refractivity contribution in [3.8, 4) is 0 Å². The fourth-order valence-corrected chi connectivity index (χ4v) is 2.20. The first-order valence-electron chi connectivity index (χ1n) is 5.32. The van der Waals surface area contributed by atoms with E-state index in [0.29, 0.717) is 10.8 Å². The van der Waals surface area contributed by atoms with Gasteiger partial charge in [0.1, 0.15) is 5.69 Å². The zero-order chi connectivity index (χ0) is 13.3. The Morgan fingerprint density at radius 1 is 1.28 bits per heavy atom. The number of nitrogens with one attached hydrogen (secondary N) is 1. The molecule has 0 aliphatic heterocycles. The summed E-state index contributed by atoms with van der Waals surface area (Å²) in [7, 11) is 0. The molecular formula is C11H13N5OS. The SMILES string of the molecule is Cc1cc(C(=O)Nc2nc(C)c(C)s2)nc(N)n1. The number of hydrogen-bond donors (Lipinski definition) is 2. The van der Waals surface area contributed by atoms with Gasteiger partial charge in [-0.05, 0) is 26.8 Å². The third-order valence-corrected chi connectivity index (χ3v) is 3.34. The fraction of sp³-hybridized carbons (Fsp3) is 0.273. The normalized spacial score (nSPS) is 10.4. The van der Waals surface area contributed by atoms with Gasteiger partial charge in [-0.15, -0.1) is 11.3 Å². The molecule has 0 saturated carbocycles. The molecule has 0 atom stereocenters. The van der Waals surface area contributed by atoms with E-state index in [1.54, 1.807) is 13.0 Å². The Kier molecular flexibility index (Phi) is 3.24. The van der Waals surface area contributed by atoms with E-state index >= 15 is 0 Å². The molecule has 1 amide bonds. The fourth-order valence-electron chi connectivity index (χ4n) is 1.40. The molecule has 0 aliphatic rings. The Bertz CT molecular complexity index is 568. The lowest BCUT2D eigenvalue weighted by Crippen LogP contribution is -2.15. The van der Waals surface area contributed by atoms with Crippen molar-refractivity contribution in [1.29, 1.82) is 0 Å². The van der Waals surface area contributed by atoms with Crippen LogP contribution >= 0.6 is 11.3 Å². The maximum Gasteiger partial charge on any atom is 0.276 e. The number of nitrogen functional groups attached to an aromatic ring is 1. The van der Waals surface area contributed by atoms with Crippen molar-refractivity contribution in [1.82, 2.24) is 15.0 Å². The molecule has 0 spiro atoms. The summed E-state index contributed by atoms with van der Waals surface area (Å²) in [6.45, 7) is 5.61. The first kappa shape index (κ1) is 12.4. The van der Waals surface area contributed by atoms with Crippen LogP contribution in [0.3, 0.4) is 0 Å². The molecule has 6 nitrogen and oxygen atoms in total. The van der Waals surface area contributed by atoms with Crippen molar-refractivity contribution >= 4 is 28.3 Å². The molecule has 2 aromatic rings. The van der Waals surface area contributed by atoms with Gasteiger partial charge in [0, 0.05) is 10.6 Å². The molecule has 2 rings (SSSR count). The zero-order valence-electron chi connectivity index (χ0n) is 10.3. The smallest absolute Gasteiger partial charge is 0.276 e. The number of carbonyl (C=O) groups excluding carboxylic acids is 1. The van der Waals surface area contributed by atoms with E-state index in [-0.39, 0.29) is 17.5 Å². The number of aryl methyl sites for hydroxylation is 3. The highest BCUT2D eigenvalue weighted by molar-refractivity contribution is 7.15. The predicted octanol–water partition coefficient (Wildman–Crippen LogP) is 1.69. The molecule has 0 bridgehead atoms. The second-order valence-electron chi connectivity index (χ2n) is 3.87. The molecule has 7 heteroatoms. The molecule has 0 saturated heterocycles. The van der Waals surface area contributed by atoms with Gasteiger partial charge in [-0.3, -0.25) is 10.1 Å². The minimum Gasteiger partial charge on any atom is -0.368 e. The third kappa shape index (κ3) is 2.62. The quantitative estimate of drug-likeness (QED) is 0.860. The summed E-state index contributed by atoms with van der Waals surface area (Å²) in [4.78, 5) is 25.1. The van der Waals surface area contributed by atoms with E-state index in [1.165, 1.54) is 11.3 Å². The summed E-state index contributed by atoms with van der Waals surface area (Å²) < 4.78 is 0. The number of anilines is 2. The Labute approximate surface area is 108 Å². The Balaban J connectivity index is 2.21. The van der Waals surface area contributed by atoms with Gasteiger partial charge in [0.25, 0.3) is 5.91 Å². The molecule has 0 aromatic carbocycles. The standard InChI is InChI=1S/C11H13N5OS/c1-5-4-8(15-10(12)13-5)9(17)16-11-14-6(2)7(3)18-11/h4H,1-3H3,(H2,12,13,15)(H,14,16,17). The van der Waals surface area contributed by atoms with E-state index < -0.39 is 0 Å². The lowest BCUT2D eigenvalue weighted by molar-refractivity contribution is 0.102. The summed E-state index contributed by atoms with van der Waals surface area (Å²) in [6.07, 6.45) is 0. The number of carbonyl (C=O) groups is 1. The van der Waals surface area contributed by atoms with Crippen LogP contribution in [0.2, 0.25) is 0 Å². The molecule has 94 valence electrons. The molecule has 3 N–H and O–H groups in total. The molecule has 0 radical (unpaired) electrons. The van der Waals surface area contributed by atoms with Crippen LogP contribution in [0.5, 0.6) is 0 Å². The Morgan fingerprint density at radius 2 is 2.00 bits per heavy atom. The number of rotatable bonds is 2. The summed E-state index contributed by atoms with van der Waals surface area (Å²) in [5.74, 6) is -0.243. The van der Waals surface area contributed by atoms with Crippen LogP contribution in [0.25, 0.3) is 0 Å².